The average Bonchev–Trinajstić information content (AvgIpc) is 3.58. The lowest BCUT2D eigenvalue weighted by Gasteiger charge is -2.31. The van der Waals surface area contributed by atoms with Gasteiger partial charge in [0.05, 0.1) is 17.6 Å². The van der Waals surface area contributed by atoms with E-state index in [2.05, 4.69) is 19.9 Å². The summed E-state index contributed by atoms with van der Waals surface area (Å²) < 4.78 is 23.8. The molecular formula is C33H35ClFN7O2. The summed E-state index contributed by atoms with van der Waals surface area (Å²) in [6.45, 7) is 6.43. The molecule has 44 heavy (non-hydrogen) atoms. The van der Waals surface area contributed by atoms with Crippen molar-refractivity contribution in [3.63, 3.8) is 0 Å². The van der Waals surface area contributed by atoms with E-state index in [0.29, 0.717) is 28.1 Å². The molecule has 0 spiro atoms. The Kier molecular flexibility index (Phi) is 8.63. The molecule has 2 aromatic carbocycles. The van der Waals surface area contributed by atoms with Crippen molar-refractivity contribution in [2.75, 3.05) is 18.4 Å². The molecule has 1 amide bonds. The summed E-state index contributed by atoms with van der Waals surface area (Å²) in [4.78, 5) is 24.9. The highest BCUT2D eigenvalue weighted by molar-refractivity contribution is 6.30. The first kappa shape index (κ1) is 29.8. The van der Waals surface area contributed by atoms with Gasteiger partial charge in [0, 0.05) is 52.9 Å². The second kappa shape index (κ2) is 12.8. The normalized spacial score (nSPS) is 15.0. The van der Waals surface area contributed by atoms with Crippen LogP contribution in [0.15, 0.2) is 66.9 Å². The molecule has 1 unspecified atom stereocenters. The molecule has 1 N–H and O–H groups in total. The van der Waals surface area contributed by atoms with Crippen LogP contribution in [0.5, 0.6) is 5.88 Å². The highest BCUT2D eigenvalue weighted by Gasteiger charge is 2.24. The van der Waals surface area contributed by atoms with Gasteiger partial charge in [-0.15, -0.1) is 0 Å². The van der Waals surface area contributed by atoms with Gasteiger partial charge >= 0.3 is 0 Å². The summed E-state index contributed by atoms with van der Waals surface area (Å²) in [6, 6.07) is 17.6. The zero-order chi connectivity index (χ0) is 30.8. The summed E-state index contributed by atoms with van der Waals surface area (Å²) >= 11 is 5.85. The largest absolute Gasteiger partial charge is 0.473 e. The van der Waals surface area contributed by atoms with Crippen molar-refractivity contribution in [1.82, 2.24) is 29.2 Å². The number of carbonyl (C=O) groups excluding carboxylic acids is 1. The quantitative estimate of drug-likeness (QED) is 0.206. The minimum atomic E-state index is -0.424. The number of nitrogens with zero attached hydrogens (tertiary/aromatic N) is 6. The molecule has 0 aliphatic carbocycles. The number of hydrogen-bond acceptors (Lipinski definition) is 6. The van der Waals surface area contributed by atoms with E-state index in [1.807, 2.05) is 57.3 Å². The number of anilines is 1. The Morgan fingerprint density at radius 1 is 1.11 bits per heavy atom. The Morgan fingerprint density at radius 2 is 1.93 bits per heavy atom. The molecule has 9 nitrogen and oxygen atoms in total. The lowest BCUT2D eigenvalue weighted by Crippen LogP contribution is -2.33. The highest BCUT2D eigenvalue weighted by Crippen LogP contribution is 2.29. The van der Waals surface area contributed by atoms with E-state index in [1.165, 1.54) is 6.07 Å². The third-order valence-electron chi connectivity index (χ3n) is 8.36. The predicted molar refractivity (Wildman–Crippen MR) is 168 cm³/mol. The Bertz CT molecular complexity index is 1790. The van der Waals surface area contributed by atoms with Crippen LogP contribution in [-0.4, -0.2) is 48.2 Å². The molecule has 0 bridgehead atoms. The van der Waals surface area contributed by atoms with Crippen molar-refractivity contribution >= 4 is 34.2 Å². The Labute approximate surface area is 260 Å². The van der Waals surface area contributed by atoms with Crippen LogP contribution in [0.25, 0.3) is 11.0 Å². The number of amides is 1. The Morgan fingerprint density at radius 3 is 2.68 bits per heavy atom. The number of fused-ring (bicyclic) bond motifs is 1. The number of benzene rings is 2. The summed E-state index contributed by atoms with van der Waals surface area (Å²) in [5, 5.41) is 7.62. The van der Waals surface area contributed by atoms with Crippen LogP contribution in [0.4, 0.5) is 10.1 Å². The van der Waals surface area contributed by atoms with Crippen LogP contribution in [-0.2, 0) is 25.0 Å². The van der Waals surface area contributed by atoms with Crippen LogP contribution in [0, 0.1) is 12.7 Å². The number of hydrogen-bond donors (Lipinski definition) is 1. The van der Waals surface area contributed by atoms with Gasteiger partial charge in [-0.05, 0) is 82.2 Å². The number of piperidine rings is 1. The van der Waals surface area contributed by atoms with Crippen LogP contribution in [0.3, 0.4) is 0 Å². The molecule has 11 heteroatoms. The first-order valence-electron chi connectivity index (χ1n) is 14.8. The maximum absolute atomic E-state index is 14.1. The van der Waals surface area contributed by atoms with Crippen LogP contribution >= 0.6 is 11.6 Å². The number of nitrogens with one attached hydrogen (secondary N) is 1. The number of ether oxygens (including phenoxy) is 1. The number of likely N-dealkylation sites (tertiary alicyclic amines) is 1. The number of aryl methyl sites for hydroxylation is 2. The molecule has 3 aromatic heterocycles. The van der Waals surface area contributed by atoms with E-state index >= 15 is 0 Å². The Hall–Kier alpha value is -4.28. The van der Waals surface area contributed by atoms with Crippen LogP contribution < -0.4 is 10.1 Å². The van der Waals surface area contributed by atoms with E-state index in [4.69, 9.17) is 26.3 Å². The van der Waals surface area contributed by atoms with Gasteiger partial charge in [-0.3, -0.25) is 14.4 Å². The fourth-order valence-electron chi connectivity index (χ4n) is 5.73. The first-order valence-corrected chi connectivity index (χ1v) is 15.2. The van der Waals surface area contributed by atoms with E-state index in [-0.39, 0.29) is 18.3 Å². The molecule has 0 saturated carbocycles. The van der Waals surface area contributed by atoms with Crippen molar-refractivity contribution in [3.05, 3.63) is 100 Å². The SMILES string of the molecule is Cc1ccnn1C(C)C(=O)Nc1ccc2c(c1)nc(CN1CCC(c3cccc(OCc4ccc(Cl)cc4F)n3)CC1)n2C. The van der Waals surface area contributed by atoms with Crippen molar-refractivity contribution in [2.24, 2.45) is 7.05 Å². The van der Waals surface area contributed by atoms with Gasteiger partial charge < -0.3 is 14.6 Å². The van der Waals surface area contributed by atoms with Gasteiger partial charge in [0.25, 0.3) is 0 Å². The molecule has 1 fully saturated rings. The average molecular weight is 616 g/mol. The summed E-state index contributed by atoms with van der Waals surface area (Å²) in [6.07, 6.45) is 3.63. The molecule has 1 aliphatic rings. The molecular weight excluding hydrogens is 581 g/mol. The molecule has 228 valence electrons. The first-order chi connectivity index (χ1) is 21.2. The van der Waals surface area contributed by atoms with Crippen molar-refractivity contribution in [2.45, 2.75) is 51.8 Å². The topological polar surface area (TPSA) is 90.1 Å². The number of rotatable bonds is 9. The van der Waals surface area contributed by atoms with Gasteiger partial charge in [0.15, 0.2) is 0 Å². The molecule has 1 aliphatic heterocycles. The maximum Gasteiger partial charge on any atom is 0.248 e. The molecule has 6 rings (SSSR count). The predicted octanol–water partition coefficient (Wildman–Crippen LogP) is 6.42. The standard InChI is InChI=1S/C33H35ClFN7O2/c1-21-11-14-36-42(21)22(2)33(43)37-26-9-10-30-29(18-26)38-31(40(30)3)19-41-15-12-23(13-16-41)28-5-4-6-32(39-28)44-20-24-7-8-25(34)17-27(24)35/h4-11,14,17-18,22-23H,12-13,15-16,19-20H2,1-3H3,(H,37,43). The van der Waals surface area contributed by atoms with Crippen LogP contribution in [0.1, 0.15) is 54.5 Å². The van der Waals surface area contributed by atoms with E-state index < -0.39 is 6.04 Å². The summed E-state index contributed by atoms with van der Waals surface area (Å²) in [5.74, 6) is 1.27. The van der Waals surface area contributed by atoms with Gasteiger partial charge in [0.1, 0.15) is 24.3 Å². The molecule has 1 atom stereocenters. The zero-order valence-electron chi connectivity index (χ0n) is 25.0. The van der Waals surface area contributed by atoms with Gasteiger partial charge in [0.2, 0.25) is 11.8 Å². The fourth-order valence-corrected chi connectivity index (χ4v) is 5.89. The third kappa shape index (κ3) is 6.46. The zero-order valence-corrected chi connectivity index (χ0v) is 25.8. The number of pyridine rings is 1. The number of imidazole rings is 1. The Balaban J connectivity index is 1.05. The monoisotopic (exact) mass is 615 g/mol. The number of aromatic nitrogens is 5. The highest BCUT2D eigenvalue weighted by atomic mass is 35.5. The third-order valence-corrected chi connectivity index (χ3v) is 8.60. The molecule has 0 radical (unpaired) electrons. The fraction of sp³-hybridized carbons (Fsp3) is 0.333. The number of carbonyl (C=O) groups is 1. The lowest BCUT2D eigenvalue weighted by molar-refractivity contribution is -0.119. The van der Waals surface area contributed by atoms with E-state index in [1.54, 1.807) is 29.1 Å². The second-order valence-electron chi connectivity index (χ2n) is 11.3. The van der Waals surface area contributed by atoms with Crippen molar-refractivity contribution in [3.8, 4) is 5.88 Å². The van der Waals surface area contributed by atoms with E-state index in [9.17, 15) is 9.18 Å². The van der Waals surface area contributed by atoms with Crippen molar-refractivity contribution in [1.29, 1.82) is 0 Å². The molecule has 5 aromatic rings. The van der Waals surface area contributed by atoms with E-state index in [0.717, 1.165) is 60.7 Å². The lowest BCUT2D eigenvalue weighted by atomic mass is 9.93. The minimum Gasteiger partial charge on any atom is -0.473 e. The molecule has 1 saturated heterocycles. The molecule has 4 heterocycles. The summed E-state index contributed by atoms with van der Waals surface area (Å²) in [5.41, 5.74) is 4.94. The van der Waals surface area contributed by atoms with Crippen LogP contribution in [0.2, 0.25) is 5.02 Å². The number of halogens is 2. The van der Waals surface area contributed by atoms with Gasteiger partial charge in [-0.2, -0.15) is 5.10 Å². The minimum absolute atomic E-state index is 0.0912. The smallest absolute Gasteiger partial charge is 0.248 e. The van der Waals surface area contributed by atoms with Gasteiger partial charge in [-0.1, -0.05) is 23.7 Å². The van der Waals surface area contributed by atoms with Gasteiger partial charge in [-0.25, -0.2) is 14.4 Å². The van der Waals surface area contributed by atoms with Crippen molar-refractivity contribution < 1.29 is 13.9 Å². The maximum atomic E-state index is 14.1. The second-order valence-corrected chi connectivity index (χ2v) is 11.8. The summed E-state index contributed by atoms with van der Waals surface area (Å²) in [7, 11) is 2.03.